The summed E-state index contributed by atoms with van der Waals surface area (Å²) in [5, 5.41) is 10.4. The molecule has 4 aliphatic heterocycles. The van der Waals surface area contributed by atoms with E-state index >= 15 is 0 Å². The van der Waals surface area contributed by atoms with Crippen molar-refractivity contribution in [1.82, 2.24) is 25.8 Å². The van der Waals surface area contributed by atoms with Crippen molar-refractivity contribution in [2.45, 2.75) is 108 Å². The molecular formula is C27H54ClN7O. The van der Waals surface area contributed by atoms with Crippen LogP contribution >= 0.6 is 11.6 Å². The van der Waals surface area contributed by atoms with Crippen molar-refractivity contribution in [2.75, 3.05) is 45.8 Å². The summed E-state index contributed by atoms with van der Waals surface area (Å²) in [6, 6.07) is 0.903. The molecular weight excluding hydrogens is 474 g/mol. The number of nitrogens with zero attached hydrogens (tertiary/aromatic N) is 2. The summed E-state index contributed by atoms with van der Waals surface area (Å²) in [7, 11) is 0. The van der Waals surface area contributed by atoms with Crippen molar-refractivity contribution in [3.8, 4) is 0 Å². The summed E-state index contributed by atoms with van der Waals surface area (Å²) >= 11 is 6.63. The third-order valence-electron chi connectivity index (χ3n) is 8.84. The van der Waals surface area contributed by atoms with Crippen molar-refractivity contribution in [3.05, 3.63) is 0 Å². The maximum absolute atomic E-state index is 13.5. The molecule has 6 atom stereocenters. The Morgan fingerprint density at radius 2 is 1.83 bits per heavy atom. The van der Waals surface area contributed by atoms with Gasteiger partial charge in [0.2, 0.25) is 5.91 Å². The molecule has 1 amide bonds. The van der Waals surface area contributed by atoms with Gasteiger partial charge in [-0.1, -0.05) is 33.1 Å². The molecule has 6 unspecified atom stereocenters. The topological polar surface area (TPSA) is 112 Å². The molecule has 7 N–H and O–H groups in total. The largest absolute Gasteiger partial charge is 0.350 e. The second kappa shape index (κ2) is 15.2. The molecule has 4 saturated heterocycles. The highest BCUT2D eigenvalue weighted by Crippen LogP contribution is 2.26. The quantitative estimate of drug-likeness (QED) is 0.172. The van der Waals surface area contributed by atoms with Gasteiger partial charge in [0.1, 0.15) is 0 Å². The van der Waals surface area contributed by atoms with E-state index in [-0.39, 0.29) is 23.4 Å². The average Bonchev–Trinajstić information content (AvgIpc) is 3.19. The van der Waals surface area contributed by atoms with Gasteiger partial charge in [-0.3, -0.25) is 9.69 Å². The first-order valence-electron chi connectivity index (χ1n) is 14.7. The van der Waals surface area contributed by atoms with E-state index in [4.69, 9.17) is 23.1 Å². The van der Waals surface area contributed by atoms with Crippen LogP contribution in [0.5, 0.6) is 0 Å². The molecule has 0 aromatic carbocycles. The highest BCUT2D eigenvalue weighted by Gasteiger charge is 2.39. The lowest BCUT2D eigenvalue weighted by Gasteiger charge is -2.44. The summed E-state index contributed by atoms with van der Waals surface area (Å²) in [6.45, 7) is 13.6. The van der Waals surface area contributed by atoms with E-state index in [0.29, 0.717) is 24.5 Å². The minimum absolute atomic E-state index is 0.0372. The smallest absolute Gasteiger partial charge is 0.227 e. The van der Waals surface area contributed by atoms with E-state index in [1.807, 2.05) is 6.92 Å². The Kier molecular flexibility index (Phi) is 12.7. The minimum Gasteiger partial charge on any atom is -0.350 e. The molecule has 0 radical (unpaired) electrons. The first-order chi connectivity index (χ1) is 17.3. The van der Waals surface area contributed by atoms with Gasteiger partial charge in [0.05, 0.1) is 18.1 Å². The molecule has 8 nitrogen and oxygen atoms in total. The number of hydrogen-bond donors (Lipinski definition) is 5. The molecule has 2 bridgehead atoms. The molecule has 36 heavy (non-hydrogen) atoms. The number of carbonyl (C=O) groups is 1. The maximum Gasteiger partial charge on any atom is 0.227 e. The average molecular weight is 528 g/mol. The second-order valence-corrected chi connectivity index (χ2v) is 12.3. The van der Waals surface area contributed by atoms with Crippen molar-refractivity contribution in [3.63, 3.8) is 0 Å². The highest BCUT2D eigenvalue weighted by molar-refractivity contribution is 6.20. The summed E-state index contributed by atoms with van der Waals surface area (Å²) in [5.74, 6) is 0.144. The van der Waals surface area contributed by atoms with Crippen LogP contribution in [0, 0.1) is 11.8 Å². The number of rotatable bonds is 14. The van der Waals surface area contributed by atoms with Crippen molar-refractivity contribution in [2.24, 2.45) is 23.3 Å². The Balaban J connectivity index is 1.52. The van der Waals surface area contributed by atoms with Crippen LogP contribution in [0.4, 0.5) is 0 Å². The predicted molar refractivity (Wildman–Crippen MR) is 150 cm³/mol. The zero-order chi connectivity index (χ0) is 26.1. The van der Waals surface area contributed by atoms with Crippen LogP contribution in [-0.2, 0) is 4.79 Å². The number of amides is 1. The highest BCUT2D eigenvalue weighted by atomic mass is 35.5. The van der Waals surface area contributed by atoms with E-state index in [2.05, 4.69) is 39.6 Å². The van der Waals surface area contributed by atoms with Crippen LogP contribution in [0.15, 0.2) is 0 Å². The SMILES string of the molecule is CCCCC(C)CCC(Cl)CNC(C)C(C(=O)NC1CNCCC1N1CCN2CCC1CC2)C(N)N. The van der Waals surface area contributed by atoms with Gasteiger partial charge in [0, 0.05) is 49.7 Å². The van der Waals surface area contributed by atoms with Gasteiger partial charge in [-0.25, -0.2) is 0 Å². The van der Waals surface area contributed by atoms with E-state index < -0.39 is 12.1 Å². The minimum atomic E-state index is -0.730. The van der Waals surface area contributed by atoms with E-state index in [1.165, 1.54) is 45.2 Å². The fourth-order valence-electron chi connectivity index (χ4n) is 6.46. The lowest BCUT2D eigenvalue weighted by molar-refractivity contribution is -0.128. The first kappa shape index (κ1) is 30.1. The third-order valence-corrected chi connectivity index (χ3v) is 9.21. The number of unbranched alkanes of at least 4 members (excludes halogenated alkanes) is 1. The predicted octanol–water partition coefficient (Wildman–Crippen LogP) is 1.66. The van der Waals surface area contributed by atoms with Gasteiger partial charge in [-0.2, -0.15) is 0 Å². The number of piperidine rings is 2. The Morgan fingerprint density at radius 3 is 2.53 bits per heavy atom. The normalized spacial score (nSPS) is 30.5. The number of alkyl halides is 1. The standard InChI is InChI=1S/C27H54ClN7O/c1-4-5-6-19(2)7-8-21(28)17-32-20(3)25(26(29)30)27(36)33-23-18-31-12-9-24(23)35-16-15-34-13-10-22(35)11-14-34/h19-26,31-32H,4-18,29-30H2,1-3H3,(H,33,36). The molecule has 0 saturated carbocycles. The maximum atomic E-state index is 13.5. The molecule has 4 heterocycles. The second-order valence-electron chi connectivity index (χ2n) is 11.7. The van der Waals surface area contributed by atoms with Crippen LogP contribution in [-0.4, -0.2) is 97.2 Å². The number of fused-ring (bicyclic) bond motifs is 4. The first-order valence-corrected chi connectivity index (χ1v) is 15.1. The van der Waals surface area contributed by atoms with Crippen molar-refractivity contribution >= 4 is 17.5 Å². The number of nitrogens with one attached hydrogen (secondary N) is 3. The third kappa shape index (κ3) is 8.79. The van der Waals surface area contributed by atoms with Gasteiger partial charge in [-0.05, 0) is 64.6 Å². The summed E-state index contributed by atoms with van der Waals surface area (Å²) in [4.78, 5) is 18.8. The van der Waals surface area contributed by atoms with Gasteiger partial charge in [-0.15, -0.1) is 11.6 Å². The van der Waals surface area contributed by atoms with Crippen molar-refractivity contribution in [1.29, 1.82) is 0 Å². The lowest BCUT2D eigenvalue weighted by Crippen LogP contribution is -2.64. The zero-order valence-corrected chi connectivity index (χ0v) is 23.8. The summed E-state index contributed by atoms with van der Waals surface area (Å²) in [5.41, 5.74) is 12.3. The van der Waals surface area contributed by atoms with Crippen molar-refractivity contribution < 1.29 is 4.79 Å². The summed E-state index contributed by atoms with van der Waals surface area (Å²) < 4.78 is 0. The van der Waals surface area contributed by atoms with Gasteiger partial charge in [0.25, 0.3) is 0 Å². The molecule has 4 fully saturated rings. The van der Waals surface area contributed by atoms with Crippen LogP contribution in [0.25, 0.3) is 0 Å². The van der Waals surface area contributed by atoms with Crippen LogP contribution in [0.3, 0.4) is 0 Å². The van der Waals surface area contributed by atoms with Gasteiger partial charge in [0.15, 0.2) is 0 Å². The lowest BCUT2D eigenvalue weighted by atomic mass is 9.92. The Labute approximate surface area is 225 Å². The Bertz CT molecular complexity index is 646. The van der Waals surface area contributed by atoms with E-state index in [9.17, 15) is 4.79 Å². The van der Waals surface area contributed by atoms with Crippen LogP contribution in [0.1, 0.15) is 72.1 Å². The number of halogens is 1. The number of carbonyl (C=O) groups excluding carboxylic acids is 1. The molecule has 0 aliphatic carbocycles. The fourth-order valence-corrected chi connectivity index (χ4v) is 6.67. The van der Waals surface area contributed by atoms with E-state index in [0.717, 1.165) is 45.4 Å². The zero-order valence-electron chi connectivity index (χ0n) is 23.1. The molecule has 9 heteroatoms. The van der Waals surface area contributed by atoms with Crippen LogP contribution < -0.4 is 27.4 Å². The monoisotopic (exact) mass is 527 g/mol. The number of nitrogens with two attached hydrogens (primary N) is 2. The van der Waals surface area contributed by atoms with E-state index in [1.54, 1.807) is 0 Å². The molecule has 4 rings (SSSR count). The molecule has 0 aromatic rings. The number of hydrogen-bond acceptors (Lipinski definition) is 7. The molecule has 0 spiro atoms. The van der Waals surface area contributed by atoms with Crippen LogP contribution in [0.2, 0.25) is 0 Å². The Morgan fingerprint density at radius 1 is 1.08 bits per heavy atom. The molecule has 210 valence electrons. The molecule has 4 aliphatic rings. The van der Waals surface area contributed by atoms with Gasteiger partial charge < -0.3 is 32.3 Å². The van der Waals surface area contributed by atoms with Gasteiger partial charge >= 0.3 is 0 Å². The Hall–Kier alpha value is -0.480. The molecule has 0 aromatic heterocycles. The summed E-state index contributed by atoms with van der Waals surface area (Å²) in [6.07, 6.45) is 8.69. The fraction of sp³-hybridized carbons (Fsp3) is 0.963.